The van der Waals surface area contributed by atoms with Gasteiger partial charge >= 0.3 is 0 Å². The smallest absolute Gasteiger partial charge is 0.180 e. The van der Waals surface area contributed by atoms with Crippen molar-refractivity contribution in [2.45, 2.75) is 18.9 Å². The number of fused-ring (bicyclic) bond motifs is 1. The average Bonchev–Trinajstić information content (AvgIpc) is 2.87. The van der Waals surface area contributed by atoms with Gasteiger partial charge in [-0.3, -0.25) is 0 Å². The molecule has 1 atom stereocenters. The zero-order valence-electron chi connectivity index (χ0n) is 11.0. The summed E-state index contributed by atoms with van der Waals surface area (Å²) < 4.78 is 1.91. The van der Waals surface area contributed by atoms with Gasteiger partial charge in [-0.25, -0.2) is 15.8 Å². The third kappa shape index (κ3) is 2.47. The van der Waals surface area contributed by atoms with Gasteiger partial charge in [-0.1, -0.05) is 0 Å². The summed E-state index contributed by atoms with van der Waals surface area (Å²) in [4.78, 5) is 11.1. The first-order chi connectivity index (χ1) is 9.26. The van der Waals surface area contributed by atoms with Gasteiger partial charge in [-0.2, -0.15) is 0 Å². The van der Waals surface area contributed by atoms with E-state index in [9.17, 15) is 0 Å². The maximum atomic E-state index is 5.45. The molecule has 0 aromatic carbocycles. The van der Waals surface area contributed by atoms with E-state index in [1.165, 1.54) is 6.42 Å². The number of anilines is 2. The Morgan fingerprint density at radius 2 is 2.37 bits per heavy atom. The molecule has 2 aromatic rings. The van der Waals surface area contributed by atoms with Gasteiger partial charge in [0, 0.05) is 25.0 Å². The van der Waals surface area contributed by atoms with Crippen LogP contribution >= 0.6 is 0 Å². The summed E-state index contributed by atoms with van der Waals surface area (Å²) in [5, 5.41) is 3.48. The number of likely N-dealkylation sites (N-methyl/N-ethyl adjacent to an activating group) is 1. The molecule has 3 heterocycles. The predicted molar refractivity (Wildman–Crippen MR) is 74.9 cm³/mol. The van der Waals surface area contributed by atoms with Crippen LogP contribution in [0, 0.1) is 0 Å². The molecule has 0 saturated carbocycles. The number of imidazole rings is 1. The summed E-state index contributed by atoms with van der Waals surface area (Å²) in [6.45, 7) is 2.18. The van der Waals surface area contributed by atoms with Crippen molar-refractivity contribution < 1.29 is 0 Å². The van der Waals surface area contributed by atoms with Gasteiger partial charge in [-0.15, -0.1) is 0 Å². The van der Waals surface area contributed by atoms with E-state index >= 15 is 0 Å². The van der Waals surface area contributed by atoms with Crippen LogP contribution in [-0.4, -0.2) is 45.4 Å². The fourth-order valence-corrected chi connectivity index (χ4v) is 2.58. The fourth-order valence-electron chi connectivity index (χ4n) is 2.58. The summed E-state index contributed by atoms with van der Waals surface area (Å²) >= 11 is 0. The van der Waals surface area contributed by atoms with Crippen molar-refractivity contribution in [3.05, 3.63) is 18.6 Å². The Morgan fingerprint density at radius 3 is 3.16 bits per heavy atom. The van der Waals surface area contributed by atoms with Gasteiger partial charge in [0.05, 0.1) is 6.20 Å². The third-order valence-electron chi connectivity index (χ3n) is 3.49. The van der Waals surface area contributed by atoms with Gasteiger partial charge in [0.15, 0.2) is 17.3 Å². The van der Waals surface area contributed by atoms with E-state index < -0.39 is 0 Å². The maximum absolute atomic E-state index is 5.45. The molecule has 7 nitrogen and oxygen atoms in total. The number of rotatable bonds is 3. The topological polar surface area (TPSA) is 83.5 Å². The van der Waals surface area contributed by atoms with Crippen LogP contribution in [0.3, 0.4) is 0 Å². The van der Waals surface area contributed by atoms with Crippen LogP contribution in [-0.2, 0) is 0 Å². The Morgan fingerprint density at radius 1 is 1.47 bits per heavy atom. The Kier molecular flexibility index (Phi) is 3.22. The molecule has 7 heteroatoms. The summed E-state index contributed by atoms with van der Waals surface area (Å²) in [6, 6.07) is 0.403. The third-order valence-corrected chi connectivity index (χ3v) is 3.49. The number of nitrogen functional groups attached to an aromatic ring is 1. The highest BCUT2D eigenvalue weighted by atomic mass is 15.3. The Labute approximate surface area is 111 Å². The first-order valence-electron chi connectivity index (χ1n) is 6.51. The second-order valence-electron chi connectivity index (χ2n) is 5.02. The van der Waals surface area contributed by atoms with Crippen LogP contribution < -0.4 is 16.6 Å². The molecule has 0 amide bonds. The molecule has 0 bridgehead atoms. The Bertz CT molecular complexity index is 564. The lowest BCUT2D eigenvalue weighted by atomic mass is 10.1. The van der Waals surface area contributed by atoms with Gasteiger partial charge in [-0.05, 0) is 26.4 Å². The molecule has 102 valence electrons. The minimum absolute atomic E-state index is 0.403. The largest absolute Gasteiger partial charge is 0.363 e. The molecule has 1 fully saturated rings. The zero-order valence-corrected chi connectivity index (χ0v) is 11.0. The molecule has 3 rings (SSSR count). The lowest BCUT2D eigenvalue weighted by Crippen LogP contribution is -2.40. The van der Waals surface area contributed by atoms with Crippen molar-refractivity contribution in [2.75, 3.05) is 30.9 Å². The minimum Gasteiger partial charge on any atom is -0.363 e. The molecule has 0 aliphatic carbocycles. The summed E-state index contributed by atoms with van der Waals surface area (Å²) in [6.07, 6.45) is 7.82. The summed E-state index contributed by atoms with van der Waals surface area (Å²) in [7, 11) is 2.14. The van der Waals surface area contributed by atoms with Crippen LogP contribution in [0.5, 0.6) is 0 Å². The molecule has 0 spiro atoms. The molecule has 0 radical (unpaired) electrons. The number of likely N-dealkylation sites (tertiary alicyclic amines) is 1. The van der Waals surface area contributed by atoms with E-state index in [1.807, 2.05) is 16.8 Å². The Hall–Kier alpha value is -1.86. The number of piperidine rings is 1. The highest BCUT2D eigenvalue weighted by molar-refractivity contribution is 5.65. The number of nitrogens with two attached hydrogens (primary N) is 1. The van der Waals surface area contributed by atoms with E-state index in [2.05, 4.69) is 32.7 Å². The van der Waals surface area contributed by atoms with Crippen molar-refractivity contribution in [2.24, 2.45) is 5.84 Å². The number of hydrogen-bond donors (Lipinski definition) is 3. The van der Waals surface area contributed by atoms with Crippen molar-refractivity contribution in [1.29, 1.82) is 0 Å². The number of nitrogens with zero attached hydrogens (tertiary/aromatic N) is 4. The zero-order chi connectivity index (χ0) is 13.2. The van der Waals surface area contributed by atoms with E-state index in [0.717, 1.165) is 31.0 Å². The van der Waals surface area contributed by atoms with Gasteiger partial charge < -0.3 is 20.0 Å². The first-order valence-corrected chi connectivity index (χ1v) is 6.51. The number of aromatic nitrogens is 3. The number of hydrazine groups is 1. The lowest BCUT2D eigenvalue weighted by molar-refractivity contribution is 0.261. The fraction of sp³-hybridized carbons (Fsp3) is 0.500. The molecule has 1 aliphatic rings. The summed E-state index contributed by atoms with van der Waals surface area (Å²) in [5.41, 5.74) is 3.41. The highest BCUT2D eigenvalue weighted by Gasteiger charge is 2.19. The maximum Gasteiger partial charge on any atom is 0.180 e. The van der Waals surface area contributed by atoms with Gasteiger partial charge in [0.25, 0.3) is 0 Å². The van der Waals surface area contributed by atoms with E-state index in [4.69, 9.17) is 5.84 Å². The van der Waals surface area contributed by atoms with E-state index in [1.54, 1.807) is 6.20 Å². The average molecular weight is 261 g/mol. The second kappa shape index (κ2) is 5.02. The quantitative estimate of drug-likeness (QED) is 0.552. The van der Waals surface area contributed by atoms with Gasteiger partial charge in [0.1, 0.15) is 0 Å². The highest BCUT2D eigenvalue weighted by Crippen LogP contribution is 2.19. The minimum atomic E-state index is 0.403. The van der Waals surface area contributed by atoms with Crippen molar-refractivity contribution in [1.82, 2.24) is 19.3 Å². The standard InChI is InChI=1S/C12H19N7/c1-18-5-2-3-9(7-18)15-11-12-14-4-6-19(12)8-10(16-11)17-13/h4,6,8-9,17H,2-3,5,7,13H2,1H3,(H,15,16). The van der Waals surface area contributed by atoms with Crippen molar-refractivity contribution in [3.63, 3.8) is 0 Å². The molecule has 19 heavy (non-hydrogen) atoms. The second-order valence-corrected chi connectivity index (χ2v) is 5.02. The molecule has 1 saturated heterocycles. The number of nitrogens with one attached hydrogen (secondary N) is 2. The number of hydrogen-bond acceptors (Lipinski definition) is 6. The summed E-state index contributed by atoms with van der Waals surface area (Å²) in [5.74, 6) is 6.85. The van der Waals surface area contributed by atoms with E-state index in [0.29, 0.717) is 11.9 Å². The van der Waals surface area contributed by atoms with Crippen LogP contribution in [0.15, 0.2) is 18.6 Å². The molecular weight excluding hydrogens is 242 g/mol. The molecule has 1 unspecified atom stereocenters. The normalized spacial score (nSPS) is 20.6. The molecule has 2 aromatic heterocycles. The molecule has 4 N–H and O–H groups in total. The van der Waals surface area contributed by atoms with Crippen LogP contribution in [0.25, 0.3) is 5.65 Å². The van der Waals surface area contributed by atoms with Crippen molar-refractivity contribution >= 4 is 17.3 Å². The van der Waals surface area contributed by atoms with Crippen molar-refractivity contribution in [3.8, 4) is 0 Å². The Balaban J connectivity index is 1.88. The molecular formula is C12H19N7. The van der Waals surface area contributed by atoms with Crippen LogP contribution in [0.1, 0.15) is 12.8 Å². The van der Waals surface area contributed by atoms with E-state index in [-0.39, 0.29) is 0 Å². The van der Waals surface area contributed by atoms with Gasteiger partial charge in [0.2, 0.25) is 0 Å². The first kappa shape index (κ1) is 12.2. The molecule has 1 aliphatic heterocycles. The monoisotopic (exact) mass is 261 g/mol. The van der Waals surface area contributed by atoms with Crippen LogP contribution in [0.2, 0.25) is 0 Å². The SMILES string of the molecule is CN1CCCC(Nc2nc(NN)cn3ccnc23)C1. The predicted octanol–water partition coefficient (Wildman–Crippen LogP) is 0.521. The van der Waals surface area contributed by atoms with Crippen LogP contribution in [0.4, 0.5) is 11.6 Å². The lowest BCUT2D eigenvalue weighted by Gasteiger charge is -2.30.